The summed E-state index contributed by atoms with van der Waals surface area (Å²) in [4.78, 5) is 11.6. The molecule has 1 aromatic rings. The minimum Gasteiger partial charge on any atom is -0.460 e. The Kier molecular flexibility index (Phi) is 7.47. The molecule has 0 aliphatic heterocycles. The van der Waals surface area contributed by atoms with Crippen molar-refractivity contribution < 1.29 is 23.1 Å². The fourth-order valence-corrected chi connectivity index (χ4v) is 2.68. The topological polar surface area (TPSA) is 73.9 Å². The lowest BCUT2D eigenvalue weighted by atomic mass is 10.2. The van der Waals surface area contributed by atoms with Crippen molar-refractivity contribution in [2.24, 2.45) is 0 Å². The normalized spacial score (nSPS) is 11.3. The lowest BCUT2D eigenvalue weighted by molar-refractivity contribution is -0.143. The molecule has 0 heterocycles. The Morgan fingerprint density at radius 2 is 1.75 bits per heavy atom. The monoisotopic (exact) mass is 301 g/mol. The van der Waals surface area contributed by atoms with Crippen molar-refractivity contribution in [1.29, 1.82) is 0 Å². The average molecular weight is 301 g/mol. The van der Waals surface area contributed by atoms with E-state index in [1.54, 1.807) is 13.8 Å². The van der Waals surface area contributed by atoms with E-state index in [1.165, 1.54) is 0 Å². The van der Waals surface area contributed by atoms with Gasteiger partial charge in [-0.2, -0.15) is 0 Å². The zero-order valence-electron chi connectivity index (χ0n) is 11.7. The van der Waals surface area contributed by atoms with Crippen LogP contribution in [0.2, 0.25) is 0 Å². The van der Waals surface area contributed by atoms with E-state index in [0.29, 0.717) is 0 Å². The molecule has 20 heavy (non-hydrogen) atoms. The lowest BCUT2D eigenvalue weighted by Gasteiger charge is -2.17. The number of rotatable bonds is 9. The third-order valence-corrected chi connectivity index (χ3v) is 4.00. The molecule has 0 radical (unpaired) electrons. The van der Waals surface area contributed by atoms with Crippen molar-refractivity contribution in [2.75, 3.05) is 19.8 Å². The Bertz CT molecular complexity index is 441. The fraction of sp³-hybridized carbons (Fsp3) is 0.462. The Labute approximate surface area is 119 Å². The van der Waals surface area contributed by atoms with Gasteiger partial charge in [0, 0.05) is 0 Å². The van der Waals surface area contributed by atoms with E-state index < -0.39 is 13.7 Å². The van der Waals surface area contributed by atoms with Crippen LogP contribution in [0.25, 0.3) is 0 Å². The van der Waals surface area contributed by atoms with Gasteiger partial charge in [-0.05, 0) is 19.4 Å². The fourth-order valence-electron chi connectivity index (χ4n) is 1.42. The molecule has 0 aromatic heterocycles. The average Bonchev–Trinajstić information content (AvgIpc) is 2.45. The summed E-state index contributed by atoms with van der Waals surface area (Å²) in [6.07, 6.45) is 0. The maximum absolute atomic E-state index is 12.0. The lowest BCUT2D eigenvalue weighted by Crippen LogP contribution is -2.24. The van der Waals surface area contributed by atoms with Gasteiger partial charge >= 0.3 is 13.7 Å². The molecule has 112 valence electrons. The summed E-state index contributed by atoms with van der Waals surface area (Å²) in [6.45, 7) is 3.79. The van der Waals surface area contributed by atoms with Crippen molar-refractivity contribution in [3.63, 3.8) is 0 Å². The van der Waals surface area contributed by atoms with E-state index in [1.807, 2.05) is 30.3 Å². The van der Waals surface area contributed by atoms with E-state index in [0.717, 1.165) is 5.56 Å². The van der Waals surface area contributed by atoms with E-state index in [9.17, 15) is 9.36 Å². The number of carbonyl (C=O) groups is 1. The highest BCUT2D eigenvalue weighted by Gasteiger charge is 2.24. The minimum atomic E-state index is -3.42. The summed E-state index contributed by atoms with van der Waals surface area (Å²) in [5, 5.41) is 2.47. The Morgan fingerprint density at radius 3 is 2.30 bits per heavy atom. The summed E-state index contributed by atoms with van der Waals surface area (Å²) in [7, 11) is -3.42. The first-order valence-corrected chi connectivity index (χ1v) is 7.97. The number of ether oxygens (including phenoxy) is 1. The SMILES string of the molecule is CCOP(=O)(NCC(=O)OCc1ccccc1)OCC. The zero-order valence-corrected chi connectivity index (χ0v) is 12.6. The number of hydrogen-bond donors (Lipinski definition) is 1. The highest BCUT2D eigenvalue weighted by molar-refractivity contribution is 7.51. The zero-order chi connectivity index (χ0) is 14.8. The third kappa shape index (κ3) is 6.30. The first-order chi connectivity index (χ1) is 9.59. The van der Waals surface area contributed by atoms with Gasteiger partial charge in [-0.3, -0.25) is 13.8 Å². The Balaban J connectivity index is 2.36. The van der Waals surface area contributed by atoms with Crippen molar-refractivity contribution >= 4 is 13.7 Å². The van der Waals surface area contributed by atoms with Gasteiger partial charge in [0.1, 0.15) is 13.2 Å². The van der Waals surface area contributed by atoms with Crippen LogP contribution in [0, 0.1) is 0 Å². The molecular formula is C13H20NO5P. The first kappa shape index (κ1) is 16.9. The predicted molar refractivity (Wildman–Crippen MR) is 75.1 cm³/mol. The Hall–Kier alpha value is -1.20. The molecule has 0 saturated heterocycles. The van der Waals surface area contributed by atoms with Gasteiger partial charge in [0.2, 0.25) is 0 Å². The molecule has 0 bridgehead atoms. The summed E-state index contributed by atoms with van der Waals surface area (Å²) in [5.41, 5.74) is 0.888. The van der Waals surface area contributed by atoms with Gasteiger partial charge in [0.05, 0.1) is 13.2 Å². The van der Waals surface area contributed by atoms with Crippen LogP contribution in [0.3, 0.4) is 0 Å². The second-order valence-corrected chi connectivity index (χ2v) is 5.64. The summed E-state index contributed by atoms with van der Waals surface area (Å²) < 4.78 is 27.1. The van der Waals surface area contributed by atoms with Crippen LogP contribution < -0.4 is 5.09 Å². The van der Waals surface area contributed by atoms with Crippen molar-refractivity contribution in [1.82, 2.24) is 5.09 Å². The van der Waals surface area contributed by atoms with Crippen LogP contribution in [-0.2, 0) is 29.8 Å². The van der Waals surface area contributed by atoms with Gasteiger partial charge < -0.3 is 4.74 Å². The van der Waals surface area contributed by atoms with E-state index in [4.69, 9.17) is 13.8 Å². The molecule has 0 unspecified atom stereocenters. The van der Waals surface area contributed by atoms with Gasteiger partial charge in [0.25, 0.3) is 0 Å². The van der Waals surface area contributed by atoms with E-state index in [-0.39, 0.29) is 26.4 Å². The molecule has 1 aromatic carbocycles. The van der Waals surface area contributed by atoms with Crippen molar-refractivity contribution in [3.8, 4) is 0 Å². The van der Waals surface area contributed by atoms with Gasteiger partial charge in [-0.15, -0.1) is 0 Å². The van der Waals surface area contributed by atoms with Gasteiger partial charge in [0.15, 0.2) is 0 Å². The van der Waals surface area contributed by atoms with Gasteiger partial charge in [-0.25, -0.2) is 9.65 Å². The van der Waals surface area contributed by atoms with Crippen LogP contribution in [0.1, 0.15) is 19.4 Å². The predicted octanol–water partition coefficient (Wildman–Crippen LogP) is 2.50. The smallest absolute Gasteiger partial charge is 0.406 e. The summed E-state index contributed by atoms with van der Waals surface area (Å²) in [6, 6.07) is 9.31. The minimum absolute atomic E-state index is 0.176. The molecule has 0 fully saturated rings. The number of carbonyl (C=O) groups excluding carboxylic acids is 1. The number of benzene rings is 1. The second-order valence-electron chi connectivity index (χ2n) is 3.81. The summed E-state index contributed by atoms with van der Waals surface area (Å²) >= 11 is 0. The molecule has 0 aliphatic carbocycles. The molecule has 0 saturated carbocycles. The first-order valence-electron chi connectivity index (χ1n) is 6.43. The molecule has 0 aliphatic rings. The summed E-state index contributed by atoms with van der Waals surface area (Å²) in [5.74, 6) is -0.520. The maximum atomic E-state index is 12.0. The molecule has 0 spiro atoms. The van der Waals surface area contributed by atoms with Crippen LogP contribution in [0.15, 0.2) is 30.3 Å². The number of hydrogen-bond acceptors (Lipinski definition) is 5. The second kappa shape index (κ2) is 8.87. The highest BCUT2D eigenvalue weighted by Crippen LogP contribution is 2.42. The van der Waals surface area contributed by atoms with Crippen LogP contribution in [-0.4, -0.2) is 25.7 Å². The third-order valence-electron chi connectivity index (χ3n) is 2.26. The van der Waals surface area contributed by atoms with Gasteiger partial charge in [-0.1, -0.05) is 30.3 Å². The standard InChI is InChI=1S/C13H20NO5P/c1-3-18-20(16,19-4-2)14-10-13(15)17-11-12-8-6-5-7-9-12/h5-9H,3-4,10-11H2,1-2H3,(H,14,16). The van der Waals surface area contributed by atoms with Crippen LogP contribution in [0.5, 0.6) is 0 Å². The van der Waals surface area contributed by atoms with E-state index >= 15 is 0 Å². The van der Waals surface area contributed by atoms with Crippen molar-refractivity contribution in [2.45, 2.75) is 20.5 Å². The number of esters is 1. The molecule has 0 amide bonds. The molecule has 6 nitrogen and oxygen atoms in total. The molecular weight excluding hydrogens is 281 g/mol. The largest absolute Gasteiger partial charge is 0.460 e. The number of nitrogens with one attached hydrogen (secondary N) is 1. The highest BCUT2D eigenvalue weighted by atomic mass is 31.2. The van der Waals surface area contributed by atoms with Crippen molar-refractivity contribution in [3.05, 3.63) is 35.9 Å². The van der Waals surface area contributed by atoms with E-state index in [2.05, 4.69) is 5.09 Å². The molecule has 7 heteroatoms. The molecule has 1 rings (SSSR count). The quantitative estimate of drug-likeness (QED) is 0.558. The van der Waals surface area contributed by atoms with Crippen LogP contribution in [0.4, 0.5) is 0 Å². The molecule has 1 N–H and O–H groups in total. The van der Waals surface area contributed by atoms with Crippen LogP contribution >= 0.6 is 7.75 Å². The molecule has 0 atom stereocenters. The maximum Gasteiger partial charge on any atom is 0.406 e. The Morgan fingerprint density at radius 1 is 1.15 bits per heavy atom.